The number of rotatable bonds is 2. The molecule has 1 aromatic heterocycles. The molecule has 0 unspecified atom stereocenters. The molecule has 0 radical (unpaired) electrons. The standard InChI is InChI=1S/C10H10ClNO2/c1-7-5-8(10(11)12-6-7)3-4-9(13)14-2/h3-6H,1-2H3/b4-3-. The molecule has 0 saturated carbocycles. The van der Waals surface area contributed by atoms with Crippen LogP contribution in [0.15, 0.2) is 18.3 Å². The van der Waals surface area contributed by atoms with Crippen molar-refractivity contribution in [2.45, 2.75) is 6.92 Å². The first-order chi connectivity index (χ1) is 6.63. The van der Waals surface area contributed by atoms with Gasteiger partial charge in [-0.15, -0.1) is 0 Å². The molecule has 4 heteroatoms. The maximum absolute atomic E-state index is 10.8. The summed E-state index contributed by atoms with van der Waals surface area (Å²) in [6.45, 7) is 1.90. The van der Waals surface area contributed by atoms with Crippen molar-refractivity contribution < 1.29 is 9.53 Å². The number of hydrogen-bond acceptors (Lipinski definition) is 3. The van der Waals surface area contributed by atoms with Gasteiger partial charge in [0.05, 0.1) is 7.11 Å². The molecule has 1 aromatic rings. The van der Waals surface area contributed by atoms with Crippen LogP contribution in [0.3, 0.4) is 0 Å². The van der Waals surface area contributed by atoms with E-state index >= 15 is 0 Å². The summed E-state index contributed by atoms with van der Waals surface area (Å²) < 4.78 is 4.45. The topological polar surface area (TPSA) is 39.2 Å². The average Bonchev–Trinajstić information content (AvgIpc) is 2.19. The van der Waals surface area contributed by atoms with E-state index < -0.39 is 5.97 Å². The Morgan fingerprint density at radius 1 is 1.64 bits per heavy atom. The van der Waals surface area contributed by atoms with Crippen LogP contribution in [-0.4, -0.2) is 18.1 Å². The first-order valence-corrected chi connectivity index (χ1v) is 4.39. The van der Waals surface area contributed by atoms with Crippen LogP contribution < -0.4 is 0 Å². The molecule has 3 nitrogen and oxygen atoms in total. The lowest BCUT2D eigenvalue weighted by Gasteiger charge is -1.98. The molecule has 0 aliphatic rings. The number of aryl methyl sites for hydroxylation is 1. The molecule has 0 atom stereocenters. The smallest absolute Gasteiger partial charge is 0.330 e. The van der Waals surface area contributed by atoms with Crippen LogP contribution in [0.2, 0.25) is 5.15 Å². The molecule has 0 aromatic carbocycles. The number of carbonyl (C=O) groups excluding carboxylic acids is 1. The molecular formula is C10H10ClNO2. The lowest BCUT2D eigenvalue weighted by molar-refractivity contribution is -0.134. The summed E-state index contributed by atoms with van der Waals surface area (Å²) in [6.07, 6.45) is 4.55. The molecule has 0 aliphatic heterocycles. The van der Waals surface area contributed by atoms with Crippen LogP contribution in [0.25, 0.3) is 6.08 Å². The summed E-state index contributed by atoms with van der Waals surface area (Å²) in [5.41, 5.74) is 1.69. The minimum atomic E-state index is -0.414. The lowest BCUT2D eigenvalue weighted by Crippen LogP contribution is -1.93. The molecule has 0 saturated heterocycles. The lowest BCUT2D eigenvalue weighted by atomic mass is 10.2. The van der Waals surface area contributed by atoms with E-state index in [0.717, 1.165) is 5.56 Å². The zero-order valence-corrected chi connectivity index (χ0v) is 8.71. The SMILES string of the molecule is COC(=O)/C=C\c1cc(C)cnc1Cl. The number of halogens is 1. The Kier molecular flexibility index (Phi) is 3.65. The molecule has 1 heterocycles. The molecule has 14 heavy (non-hydrogen) atoms. The Morgan fingerprint density at radius 2 is 2.36 bits per heavy atom. The second kappa shape index (κ2) is 4.77. The fourth-order valence-electron chi connectivity index (χ4n) is 0.918. The van der Waals surface area contributed by atoms with Gasteiger partial charge in [0.15, 0.2) is 0 Å². The highest BCUT2D eigenvalue weighted by molar-refractivity contribution is 6.30. The van der Waals surface area contributed by atoms with Crippen molar-refractivity contribution in [2.75, 3.05) is 7.11 Å². The third kappa shape index (κ3) is 2.85. The third-order valence-corrected chi connectivity index (χ3v) is 1.92. The summed E-state index contributed by atoms with van der Waals surface area (Å²) in [7, 11) is 1.32. The van der Waals surface area contributed by atoms with E-state index in [0.29, 0.717) is 10.7 Å². The fraction of sp³-hybridized carbons (Fsp3) is 0.200. The van der Waals surface area contributed by atoms with Gasteiger partial charge in [-0.1, -0.05) is 11.6 Å². The number of pyridine rings is 1. The van der Waals surface area contributed by atoms with Crippen LogP contribution in [0.1, 0.15) is 11.1 Å². The van der Waals surface area contributed by atoms with Gasteiger partial charge in [-0.2, -0.15) is 0 Å². The van der Waals surface area contributed by atoms with E-state index in [4.69, 9.17) is 11.6 Å². The van der Waals surface area contributed by atoms with Crippen LogP contribution >= 0.6 is 11.6 Å². The molecule has 0 bridgehead atoms. The maximum atomic E-state index is 10.8. The quantitative estimate of drug-likeness (QED) is 0.428. The number of nitrogens with zero attached hydrogens (tertiary/aromatic N) is 1. The van der Waals surface area contributed by atoms with Crippen LogP contribution in [0.5, 0.6) is 0 Å². The minimum absolute atomic E-state index is 0.371. The Hall–Kier alpha value is -1.35. The zero-order chi connectivity index (χ0) is 10.6. The number of carbonyl (C=O) groups is 1. The van der Waals surface area contributed by atoms with Crippen molar-refractivity contribution in [3.05, 3.63) is 34.6 Å². The van der Waals surface area contributed by atoms with Crippen molar-refractivity contribution in [3.8, 4) is 0 Å². The Bertz CT molecular complexity index is 374. The van der Waals surface area contributed by atoms with Crippen molar-refractivity contribution in [1.82, 2.24) is 4.98 Å². The number of methoxy groups -OCH3 is 1. The minimum Gasteiger partial charge on any atom is -0.466 e. The molecule has 0 N–H and O–H groups in total. The van der Waals surface area contributed by atoms with E-state index in [1.54, 1.807) is 12.3 Å². The van der Waals surface area contributed by atoms with Gasteiger partial charge in [-0.3, -0.25) is 0 Å². The second-order valence-corrected chi connectivity index (χ2v) is 3.11. The highest BCUT2D eigenvalue weighted by Gasteiger charge is 1.99. The summed E-state index contributed by atoms with van der Waals surface area (Å²) in [4.78, 5) is 14.8. The van der Waals surface area contributed by atoms with Crippen molar-refractivity contribution in [3.63, 3.8) is 0 Å². The monoisotopic (exact) mass is 211 g/mol. The van der Waals surface area contributed by atoms with Gasteiger partial charge in [-0.05, 0) is 24.6 Å². The molecule has 0 aliphatic carbocycles. The van der Waals surface area contributed by atoms with Crippen molar-refractivity contribution in [2.24, 2.45) is 0 Å². The van der Waals surface area contributed by atoms with E-state index in [9.17, 15) is 4.79 Å². The van der Waals surface area contributed by atoms with Gasteiger partial charge in [0.1, 0.15) is 5.15 Å². The number of esters is 1. The van der Waals surface area contributed by atoms with Gasteiger partial charge in [0, 0.05) is 17.8 Å². The number of ether oxygens (including phenoxy) is 1. The molecule has 0 fully saturated rings. The van der Waals surface area contributed by atoms with E-state index in [1.165, 1.54) is 13.2 Å². The number of hydrogen-bond donors (Lipinski definition) is 0. The van der Waals surface area contributed by atoms with E-state index in [2.05, 4.69) is 9.72 Å². The largest absolute Gasteiger partial charge is 0.466 e. The first kappa shape index (κ1) is 10.7. The van der Waals surface area contributed by atoms with E-state index in [1.807, 2.05) is 13.0 Å². The van der Waals surface area contributed by atoms with Crippen molar-refractivity contribution >= 4 is 23.6 Å². The van der Waals surface area contributed by atoms with Gasteiger partial charge < -0.3 is 4.74 Å². The molecular weight excluding hydrogens is 202 g/mol. The zero-order valence-electron chi connectivity index (χ0n) is 7.95. The summed E-state index contributed by atoms with van der Waals surface area (Å²) in [5.74, 6) is -0.414. The Morgan fingerprint density at radius 3 is 3.00 bits per heavy atom. The fourth-order valence-corrected chi connectivity index (χ4v) is 1.08. The van der Waals surface area contributed by atoms with Gasteiger partial charge in [0.25, 0.3) is 0 Å². The van der Waals surface area contributed by atoms with Crippen LogP contribution in [0.4, 0.5) is 0 Å². The molecule has 0 spiro atoms. The molecule has 1 rings (SSSR count). The second-order valence-electron chi connectivity index (χ2n) is 2.75. The Balaban J connectivity index is 2.90. The van der Waals surface area contributed by atoms with Crippen LogP contribution in [-0.2, 0) is 9.53 Å². The van der Waals surface area contributed by atoms with Gasteiger partial charge in [0.2, 0.25) is 0 Å². The number of aromatic nitrogens is 1. The highest BCUT2D eigenvalue weighted by atomic mass is 35.5. The summed E-state index contributed by atoms with van der Waals surface area (Å²) >= 11 is 5.81. The predicted molar refractivity (Wildman–Crippen MR) is 55.0 cm³/mol. The summed E-state index contributed by atoms with van der Waals surface area (Å²) in [6, 6.07) is 1.84. The maximum Gasteiger partial charge on any atom is 0.330 e. The Labute approximate surface area is 87.4 Å². The molecule has 74 valence electrons. The third-order valence-electron chi connectivity index (χ3n) is 1.60. The normalized spacial score (nSPS) is 10.5. The van der Waals surface area contributed by atoms with Crippen molar-refractivity contribution in [1.29, 1.82) is 0 Å². The predicted octanol–water partition coefficient (Wildman–Crippen LogP) is 2.23. The van der Waals surface area contributed by atoms with E-state index in [-0.39, 0.29) is 0 Å². The highest BCUT2D eigenvalue weighted by Crippen LogP contribution is 2.15. The summed E-state index contributed by atoms with van der Waals surface area (Å²) in [5, 5.41) is 0.371. The van der Waals surface area contributed by atoms with Gasteiger partial charge in [-0.25, -0.2) is 9.78 Å². The van der Waals surface area contributed by atoms with Gasteiger partial charge >= 0.3 is 5.97 Å². The molecule has 0 amide bonds. The average molecular weight is 212 g/mol. The van der Waals surface area contributed by atoms with Crippen LogP contribution in [0, 0.1) is 6.92 Å². The first-order valence-electron chi connectivity index (χ1n) is 4.01.